The summed E-state index contributed by atoms with van der Waals surface area (Å²) >= 11 is 0. The van der Waals surface area contributed by atoms with Gasteiger partial charge in [-0.3, -0.25) is 4.90 Å². The summed E-state index contributed by atoms with van der Waals surface area (Å²) in [5, 5.41) is 3.80. The number of hydrogen-bond acceptors (Lipinski definition) is 2. The van der Waals surface area contributed by atoms with Gasteiger partial charge in [-0.25, -0.2) is 0 Å². The quantitative estimate of drug-likeness (QED) is 0.816. The molecule has 2 nitrogen and oxygen atoms in total. The summed E-state index contributed by atoms with van der Waals surface area (Å²) in [4.78, 5) is 2.77. The molecule has 114 valence electrons. The number of rotatable bonds is 5. The fourth-order valence-corrected chi connectivity index (χ4v) is 2.98. The summed E-state index contributed by atoms with van der Waals surface area (Å²) in [5.74, 6) is 1.60. The third kappa shape index (κ3) is 4.75. The van der Waals surface area contributed by atoms with Gasteiger partial charge in [0.2, 0.25) is 0 Å². The van der Waals surface area contributed by atoms with Crippen LogP contribution in [-0.4, -0.2) is 36.6 Å². The lowest BCUT2D eigenvalue weighted by molar-refractivity contribution is 0.0474. The van der Waals surface area contributed by atoms with Crippen LogP contribution in [0.15, 0.2) is 0 Å². The number of hydrogen-bond donors (Lipinski definition) is 1. The Balaban J connectivity index is 2.74. The van der Waals surface area contributed by atoms with E-state index in [2.05, 4.69) is 58.7 Å². The Morgan fingerprint density at radius 3 is 2.26 bits per heavy atom. The molecule has 1 aliphatic heterocycles. The molecule has 2 heteroatoms. The topological polar surface area (TPSA) is 15.3 Å². The third-order valence-corrected chi connectivity index (χ3v) is 5.05. The predicted molar refractivity (Wildman–Crippen MR) is 85.5 cm³/mol. The highest BCUT2D eigenvalue weighted by atomic mass is 15.2. The van der Waals surface area contributed by atoms with Crippen molar-refractivity contribution in [1.29, 1.82) is 0 Å². The van der Waals surface area contributed by atoms with Crippen LogP contribution in [0.4, 0.5) is 0 Å². The first-order chi connectivity index (χ1) is 8.79. The van der Waals surface area contributed by atoms with Gasteiger partial charge in [-0.15, -0.1) is 0 Å². The van der Waals surface area contributed by atoms with E-state index < -0.39 is 0 Å². The van der Waals surface area contributed by atoms with Crippen LogP contribution in [0.1, 0.15) is 61.3 Å². The molecule has 1 fully saturated rings. The molecule has 0 saturated carbocycles. The first-order valence-electron chi connectivity index (χ1n) is 8.27. The second-order valence-corrected chi connectivity index (χ2v) is 7.75. The molecule has 1 rings (SSSR count). The van der Waals surface area contributed by atoms with Gasteiger partial charge in [0.25, 0.3) is 0 Å². The number of piperazine rings is 1. The van der Waals surface area contributed by atoms with Gasteiger partial charge < -0.3 is 5.32 Å². The Kier molecular flexibility index (Phi) is 6.32. The van der Waals surface area contributed by atoms with Crippen molar-refractivity contribution < 1.29 is 0 Å². The van der Waals surface area contributed by atoms with Gasteiger partial charge in [0.05, 0.1) is 0 Å². The van der Waals surface area contributed by atoms with Crippen LogP contribution in [0.2, 0.25) is 0 Å². The molecule has 0 amide bonds. The second-order valence-electron chi connectivity index (χ2n) is 7.75. The number of nitrogens with zero attached hydrogens (tertiary/aromatic N) is 1. The lowest BCUT2D eigenvalue weighted by Crippen LogP contribution is -2.62. The molecule has 0 bridgehead atoms. The van der Waals surface area contributed by atoms with E-state index in [1.807, 2.05) is 0 Å². The predicted octanol–water partition coefficient (Wildman–Crippen LogP) is 3.77. The zero-order valence-electron chi connectivity index (χ0n) is 14.3. The average molecular weight is 268 g/mol. The van der Waals surface area contributed by atoms with E-state index in [0.29, 0.717) is 11.5 Å². The first-order valence-corrected chi connectivity index (χ1v) is 8.27. The molecule has 0 aromatic carbocycles. The monoisotopic (exact) mass is 268 g/mol. The van der Waals surface area contributed by atoms with Crippen molar-refractivity contribution in [3.63, 3.8) is 0 Å². The van der Waals surface area contributed by atoms with Crippen molar-refractivity contribution in [1.82, 2.24) is 10.2 Å². The molecule has 0 spiro atoms. The third-order valence-electron chi connectivity index (χ3n) is 5.05. The zero-order chi connectivity index (χ0) is 14.6. The van der Waals surface area contributed by atoms with Crippen LogP contribution in [0.25, 0.3) is 0 Å². The Morgan fingerprint density at radius 1 is 1.16 bits per heavy atom. The van der Waals surface area contributed by atoms with E-state index in [1.54, 1.807) is 0 Å². The summed E-state index contributed by atoms with van der Waals surface area (Å²) in [7, 11) is 0. The summed E-state index contributed by atoms with van der Waals surface area (Å²) < 4.78 is 0. The molecule has 1 saturated heterocycles. The van der Waals surface area contributed by atoms with E-state index in [1.165, 1.54) is 25.9 Å². The second kappa shape index (κ2) is 7.08. The Hall–Kier alpha value is -0.0800. The van der Waals surface area contributed by atoms with Crippen molar-refractivity contribution in [2.45, 2.75) is 73.4 Å². The summed E-state index contributed by atoms with van der Waals surface area (Å²) in [6.45, 7) is 20.1. The highest BCUT2D eigenvalue weighted by Crippen LogP contribution is 2.27. The lowest BCUT2D eigenvalue weighted by atomic mass is 9.83. The van der Waals surface area contributed by atoms with Gasteiger partial charge in [0, 0.05) is 31.7 Å². The molecule has 0 aromatic heterocycles. The maximum absolute atomic E-state index is 3.80. The van der Waals surface area contributed by atoms with Crippen LogP contribution >= 0.6 is 0 Å². The summed E-state index contributed by atoms with van der Waals surface area (Å²) in [5.41, 5.74) is 0.355. The van der Waals surface area contributed by atoms with Gasteiger partial charge in [0.1, 0.15) is 0 Å². The van der Waals surface area contributed by atoms with E-state index in [9.17, 15) is 0 Å². The standard InChI is InChI=1S/C17H36N2/c1-8-13(3)11-19-12-16(17(5,6)7)18-10-15(19)14(4)9-2/h13-16,18H,8-12H2,1-7H3. The SMILES string of the molecule is CCC(C)CN1CC(C(C)(C)C)NCC1C(C)CC. The van der Waals surface area contributed by atoms with Crippen molar-refractivity contribution in [2.75, 3.05) is 19.6 Å². The van der Waals surface area contributed by atoms with Crippen molar-refractivity contribution >= 4 is 0 Å². The molecule has 0 aromatic rings. The maximum atomic E-state index is 3.80. The number of nitrogens with one attached hydrogen (secondary N) is 1. The van der Waals surface area contributed by atoms with Crippen molar-refractivity contribution in [3.05, 3.63) is 0 Å². The minimum Gasteiger partial charge on any atom is -0.311 e. The normalized spacial score (nSPS) is 29.2. The van der Waals surface area contributed by atoms with E-state index in [0.717, 1.165) is 24.4 Å². The van der Waals surface area contributed by atoms with Crippen molar-refractivity contribution in [2.24, 2.45) is 17.3 Å². The smallest absolute Gasteiger partial charge is 0.0247 e. The van der Waals surface area contributed by atoms with Crippen molar-refractivity contribution in [3.8, 4) is 0 Å². The summed E-state index contributed by atoms with van der Waals surface area (Å²) in [6.07, 6.45) is 2.57. The first kappa shape index (κ1) is 17.0. The highest BCUT2D eigenvalue weighted by Gasteiger charge is 2.35. The van der Waals surface area contributed by atoms with Crippen LogP contribution in [0.5, 0.6) is 0 Å². The average Bonchev–Trinajstić information content (AvgIpc) is 2.36. The van der Waals surface area contributed by atoms with Gasteiger partial charge in [-0.05, 0) is 17.3 Å². The highest BCUT2D eigenvalue weighted by molar-refractivity contribution is 4.93. The largest absolute Gasteiger partial charge is 0.311 e. The fourth-order valence-electron chi connectivity index (χ4n) is 2.98. The van der Waals surface area contributed by atoms with E-state index in [4.69, 9.17) is 0 Å². The van der Waals surface area contributed by atoms with Gasteiger partial charge in [0.15, 0.2) is 0 Å². The van der Waals surface area contributed by atoms with E-state index >= 15 is 0 Å². The molecule has 1 heterocycles. The molecular formula is C17H36N2. The zero-order valence-corrected chi connectivity index (χ0v) is 14.3. The van der Waals surface area contributed by atoms with Gasteiger partial charge >= 0.3 is 0 Å². The van der Waals surface area contributed by atoms with Crippen LogP contribution in [-0.2, 0) is 0 Å². The molecule has 1 N–H and O–H groups in total. The molecular weight excluding hydrogens is 232 g/mol. The molecule has 1 aliphatic rings. The van der Waals surface area contributed by atoms with Crippen LogP contribution < -0.4 is 5.32 Å². The Labute approximate surface area is 121 Å². The molecule has 19 heavy (non-hydrogen) atoms. The summed E-state index contributed by atoms with van der Waals surface area (Å²) in [6, 6.07) is 1.34. The van der Waals surface area contributed by atoms with Crippen LogP contribution in [0, 0.1) is 17.3 Å². The Bertz CT molecular complexity index is 256. The lowest BCUT2D eigenvalue weighted by Gasteiger charge is -2.47. The molecule has 4 atom stereocenters. The maximum Gasteiger partial charge on any atom is 0.0247 e. The Morgan fingerprint density at radius 2 is 1.79 bits per heavy atom. The minimum atomic E-state index is 0.355. The van der Waals surface area contributed by atoms with Crippen LogP contribution in [0.3, 0.4) is 0 Å². The van der Waals surface area contributed by atoms with E-state index in [-0.39, 0.29) is 0 Å². The molecule has 4 unspecified atom stereocenters. The molecule has 0 aliphatic carbocycles. The molecule has 0 radical (unpaired) electrons. The van der Waals surface area contributed by atoms with Gasteiger partial charge in [-0.2, -0.15) is 0 Å². The minimum absolute atomic E-state index is 0.355. The van der Waals surface area contributed by atoms with Gasteiger partial charge in [-0.1, -0.05) is 61.3 Å². The fraction of sp³-hybridized carbons (Fsp3) is 1.00.